The predicted molar refractivity (Wildman–Crippen MR) is 53.3 cm³/mol. The summed E-state index contributed by atoms with van der Waals surface area (Å²) in [6.07, 6.45) is 1.00. The highest BCUT2D eigenvalue weighted by molar-refractivity contribution is 7.90. The molecule has 15 heavy (non-hydrogen) atoms. The highest BCUT2D eigenvalue weighted by atomic mass is 32.2. The third-order valence-corrected chi connectivity index (χ3v) is 2.98. The Morgan fingerprint density at radius 1 is 1.20 bits per heavy atom. The second-order valence-corrected chi connectivity index (χ2v) is 5.99. The number of hydrogen-bond donors (Lipinski definition) is 1. The molecule has 0 atom stereocenters. The van der Waals surface area contributed by atoms with Crippen LogP contribution in [0.4, 0.5) is 0 Å². The maximum Gasteiger partial charge on any atom is 0.380 e. The molecule has 0 saturated heterocycles. The van der Waals surface area contributed by atoms with E-state index < -0.39 is 20.1 Å². The molecule has 0 heterocycles. The van der Waals surface area contributed by atoms with Crippen LogP contribution in [-0.2, 0) is 20.1 Å². The van der Waals surface area contributed by atoms with Crippen LogP contribution < -0.4 is 9.32 Å². The van der Waals surface area contributed by atoms with Gasteiger partial charge in [0.1, 0.15) is 5.75 Å². The first kappa shape index (κ1) is 12.0. The van der Waals surface area contributed by atoms with E-state index in [1.807, 2.05) is 0 Å². The molecule has 1 aromatic rings. The van der Waals surface area contributed by atoms with Gasteiger partial charge in [0.15, 0.2) is 9.84 Å². The first-order chi connectivity index (χ1) is 6.68. The second-order valence-electron chi connectivity index (χ2n) is 2.82. The summed E-state index contributed by atoms with van der Waals surface area (Å²) in [5.41, 5.74) is 0. The Balaban J connectivity index is 3.15. The summed E-state index contributed by atoms with van der Waals surface area (Å²) in [6.45, 7) is 0. The fourth-order valence-electron chi connectivity index (χ4n) is 0.891. The molecule has 0 bridgehead atoms. The molecular formula is C7H9NO5S2. The van der Waals surface area contributed by atoms with Gasteiger partial charge < -0.3 is 4.18 Å². The van der Waals surface area contributed by atoms with Gasteiger partial charge in [-0.25, -0.2) is 8.42 Å². The van der Waals surface area contributed by atoms with Crippen LogP contribution in [0.5, 0.6) is 5.75 Å². The molecule has 0 spiro atoms. The van der Waals surface area contributed by atoms with Gasteiger partial charge >= 0.3 is 10.3 Å². The van der Waals surface area contributed by atoms with Crippen molar-refractivity contribution in [2.45, 2.75) is 4.90 Å². The highest BCUT2D eigenvalue weighted by Crippen LogP contribution is 2.17. The molecule has 0 aliphatic rings. The molecule has 0 saturated carbocycles. The Labute approximate surface area is 87.8 Å². The van der Waals surface area contributed by atoms with E-state index in [2.05, 4.69) is 9.32 Å². The van der Waals surface area contributed by atoms with Gasteiger partial charge in [-0.3, -0.25) is 0 Å². The van der Waals surface area contributed by atoms with E-state index in [1.54, 1.807) is 0 Å². The van der Waals surface area contributed by atoms with Crippen molar-refractivity contribution < 1.29 is 21.0 Å². The van der Waals surface area contributed by atoms with Crippen molar-refractivity contribution >= 4 is 20.1 Å². The Morgan fingerprint density at radius 3 is 2.27 bits per heavy atom. The van der Waals surface area contributed by atoms with Gasteiger partial charge in [-0.2, -0.15) is 13.6 Å². The van der Waals surface area contributed by atoms with Gasteiger partial charge in [0.05, 0.1) is 4.90 Å². The molecule has 1 aromatic carbocycles. The Bertz CT molecular complexity index is 561. The van der Waals surface area contributed by atoms with Crippen molar-refractivity contribution in [1.82, 2.24) is 0 Å². The minimum absolute atomic E-state index is 0.0383. The molecular weight excluding hydrogens is 242 g/mol. The summed E-state index contributed by atoms with van der Waals surface area (Å²) in [7, 11) is -7.53. The lowest BCUT2D eigenvalue weighted by Crippen LogP contribution is -2.19. The maximum atomic E-state index is 11.1. The van der Waals surface area contributed by atoms with Crippen LogP contribution in [0.25, 0.3) is 0 Å². The Kier molecular flexibility index (Phi) is 3.03. The Hall–Kier alpha value is -1.12. The van der Waals surface area contributed by atoms with Crippen LogP contribution in [0.3, 0.4) is 0 Å². The monoisotopic (exact) mass is 251 g/mol. The summed E-state index contributed by atoms with van der Waals surface area (Å²) in [6, 6.07) is 5.06. The van der Waals surface area contributed by atoms with E-state index in [-0.39, 0.29) is 10.6 Å². The summed E-state index contributed by atoms with van der Waals surface area (Å²) in [5, 5.41) is 4.63. The summed E-state index contributed by atoms with van der Waals surface area (Å²) in [4.78, 5) is -0.0383. The van der Waals surface area contributed by atoms with E-state index in [1.165, 1.54) is 18.2 Å². The van der Waals surface area contributed by atoms with Gasteiger partial charge in [0.25, 0.3) is 0 Å². The lowest BCUT2D eigenvalue weighted by molar-refractivity contribution is 0.486. The Morgan fingerprint density at radius 2 is 1.80 bits per heavy atom. The molecule has 8 heteroatoms. The normalized spacial score (nSPS) is 12.4. The first-order valence-electron chi connectivity index (χ1n) is 3.71. The molecule has 0 fully saturated rings. The molecule has 2 N–H and O–H groups in total. The third kappa shape index (κ3) is 3.86. The van der Waals surface area contributed by atoms with Crippen LogP contribution in [-0.4, -0.2) is 23.1 Å². The van der Waals surface area contributed by atoms with Crippen LogP contribution in [0.2, 0.25) is 0 Å². The zero-order valence-electron chi connectivity index (χ0n) is 7.74. The minimum Gasteiger partial charge on any atom is -0.371 e. The van der Waals surface area contributed by atoms with Crippen molar-refractivity contribution in [2.75, 3.05) is 6.26 Å². The van der Waals surface area contributed by atoms with Gasteiger partial charge in [-0.1, -0.05) is 6.07 Å². The summed E-state index contributed by atoms with van der Waals surface area (Å²) in [5.74, 6) is -0.138. The van der Waals surface area contributed by atoms with E-state index in [9.17, 15) is 16.8 Å². The van der Waals surface area contributed by atoms with Gasteiger partial charge in [-0.15, -0.1) is 0 Å². The molecule has 0 amide bonds. The summed E-state index contributed by atoms with van der Waals surface area (Å²) < 4.78 is 47.7. The van der Waals surface area contributed by atoms with E-state index >= 15 is 0 Å². The number of benzene rings is 1. The number of hydrogen-bond acceptors (Lipinski definition) is 5. The molecule has 1 rings (SSSR count). The largest absolute Gasteiger partial charge is 0.380 e. The molecule has 6 nitrogen and oxygen atoms in total. The lowest BCUT2D eigenvalue weighted by Gasteiger charge is -2.03. The molecule has 0 aliphatic carbocycles. The van der Waals surface area contributed by atoms with Gasteiger partial charge in [0.2, 0.25) is 0 Å². The van der Waals surface area contributed by atoms with Crippen molar-refractivity contribution in [3.8, 4) is 5.75 Å². The van der Waals surface area contributed by atoms with E-state index in [0.29, 0.717) is 0 Å². The zero-order valence-corrected chi connectivity index (χ0v) is 9.38. The van der Waals surface area contributed by atoms with E-state index in [4.69, 9.17) is 0 Å². The van der Waals surface area contributed by atoms with Crippen molar-refractivity contribution in [3.63, 3.8) is 0 Å². The SMILES string of the molecule is CS(=O)(=O)c1cccc(OS(N)(=O)=O)c1. The van der Waals surface area contributed by atoms with Crippen LogP contribution in [0.15, 0.2) is 29.2 Å². The molecule has 0 aromatic heterocycles. The number of sulfone groups is 1. The van der Waals surface area contributed by atoms with Crippen molar-refractivity contribution in [1.29, 1.82) is 0 Å². The smallest absolute Gasteiger partial charge is 0.371 e. The minimum atomic E-state index is -4.13. The molecule has 0 radical (unpaired) electrons. The zero-order chi connectivity index (χ0) is 11.7. The lowest BCUT2D eigenvalue weighted by atomic mass is 10.3. The standard InChI is InChI=1S/C7H9NO5S2/c1-14(9,10)7-4-2-3-6(5-7)13-15(8,11)12/h2-5H,1H3,(H2,8,11,12). The quantitative estimate of drug-likeness (QED) is 0.792. The van der Waals surface area contributed by atoms with Crippen LogP contribution in [0.1, 0.15) is 0 Å². The number of rotatable bonds is 3. The third-order valence-electron chi connectivity index (χ3n) is 1.45. The van der Waals surface area contributed by atoms with Gasteiger partial charge in [-0.05, 0) is 12.1 Å². The van der Waals surface area contributed by atoms with Gasteiger partial charge in [0, 0.05) is 12.3 Å². The average Bonchev–Trinajstić information content (AvgIpc) is 1.99. The van der Waals surface area contributed by atoms with Crippen molar-refractivity contribution in [3.05, 3.63) is 24.3 Å². The number of nitrogens with two attached hydrogens (primary N) is 1. The highest BCUT2D eigenvalue weighted by Gasteiger charge is 2.10. The average molecular weight is 251 g/mol. The topological polar surface area (TPSA) is 104 Å². The maximum absolute atomic E-state index is 11.1. The van der Waals surface area contributed by atoms with Crippen LogP contribution >= 0.6 is 0 Å². The fraction of sp³-hybridized carbons (Fsp3) is 0.143. The van der Waals surface area contributed by atoms with Crippen LogP contribution in [0, 0.1) is 0 Å². The predicted octanol–water partition coefficient (Wildman–Crippen LogP) is -0.328. The fourth-order valence-corrected chi connectivity index (χ4v) is 1.92. The first-order valence-corrected chi connectivity index (χ1v) is 7.07. The summed E-state index contributed by atoms with van der Waals surface area (Å²) >= 11 is 0. The molecule has 84 valence electrons. The molecule has 0 aliphatic heterocycles. The van der Waals surface area contributed by atoms with E-state index in [0.717, 1.165) is 12.3 Å². The molecule has 0 unspecified atom stereocenters. The second kappa shape index (κ2) is 3.80. The van der Waals surface area contributed by atoms with Crippen molar-refractivity contribution in [2.24, 2.45) is 5.14 Å².